The largest absolute Gasteiger partial charge is 0.457 e. The van der Waals surface area contributed by atoms with Crippen molar-refractivity contribution in [2.75, 3.05) is 0 Å². The number of hydrogen-bond donors (Lipinski definition) is 0. The van der Waals surface area contributed by atoms with Crippen LogP contribution in [0.1, 0.15) is 19.6 Å². The van der Waals surface area contributed by atoms with Gasteiger partial charge in [0.05, 0.1) is 10.6 Å². The van der Waals surface area contributed by atoms with Crippen molar-refractivity contribution in [3.8, 4) is 11.3 Å². The molecule has 0 fully saturated rings. The number of furan rings is 1. The van der Waals surface area contributed by atoms with Gasteiger partial charge in [-0.25, -0.2) is 0 Å². The Morgan fingerprint density at radius 2 is 1.71 bits per heavy atom. The number of hydrogen-bond acceptors (Lipinski definition) is 3. The number of Topliss-reactive ketones (excluding diaryl/α,β-unsaturated/α-hetero) is 2. The number of ketones is 2. The summed E-state index contributed by atoms with van der Waals surface area (Å²) in [5.41, 5.74) is 0.740. The van der Waals surface area contributed by atoms with E-state index in [4.69, 9.17) is 27.6 Å². The second kappa shape index (κ2) is 6.29. The Morgan fingerprint density at radius 1 is 1.05 bits per heavy atom. The highest BCUT2D eigenvalue weighted by Gasteiger charge is 2.12. The lowest BCUT2D eigenvalue weighted by Crippen LogP contribution is -2.05. The monoisotopic (exact) mass is 322 g/mol. The summed E-state index contributed by atoms with van der Waals surface area (Å²) in [5.74, 6) is 0.309. The Bertz CT molecular complexity index is 726. The van der Waals surface area contributed by atoms with Gasteiger partial charge in [0.2, 0.25) is 0 Å². The Morgan fingerprint density at radius 3 is 2.33 bits per heavy atom. The van der Waals surface area contributed by atoms with Crippen LogP contribution in [0, 0.1) is 0 Å². The number of rotatable bonds is 4. The molecule has 108 valence electrons. The molecule has 1 aromatic heterocycles. The number of benzene rings is 1. The zero-order chi connectivity index (χ0) is 15.6. The van der Waals surface area contributed by atoms with Gasteiger partial charge in [0.15, 0.2) is 11.6 Å². The molecule has 2 aromatic rings. The summed E-state index contributed by atoms with van der Waals surface area (Å²) >= 11 is 12.0. The van der Waals surface area contributed by atoms with Crippen LogP contribution < -0.4 is 0 Å². The fourth-order valence-corrected chi connectivity index (χ4v) is 2.24. The van der Waals surface area contributed by atoms with E-state index < -0.39 is 0 Å². The van der Waals surface area contributed by atoms with E-state index in [-0.39, 0.29) is 17.1 Å². The Balaban J connectivity index is 2.42. The zero-order valence-electron chi connectivity index (χ0n) is 11.4. The van der Waals surface area contributed by atoms with Crippen LogP contribution in [0.25, 0.3) is 17.4 Å². The molecule has 0 saturated carbocycles. The van der Waals surface area contributed by atoms with Gasteiger partial charge in [0.1, 0.15) is 11.5 Å². The molecule has 0 amide bonds. The van der Waals surface area contributed by atoms with Gasteiger partial charge in [0, 0.05) is 10.6 Å². The van der Waals surface area contributed by atoms with Crippen LogP contribution >= 0.6 is 23.2 Å². The second-order valence-electron chi connectivity index (χ2n) is 4.50. The fraction of sp³-hybridized carbons (Fsp3) is 0.125. The smallest absolute Gasteiger partial charge is 0.163 e. The van der Waals surface area contributed by atoms with Crippen LogP contribution in [0.15, 0.2) is 40.3 Å². The van der Waals surface area contributed by atoms with Gasteiger partial charge in [-0.3, -0.25) is 9.59 Å². The molecule has 1 heterocycles. The minimum absolute atomic E-state index is 0.0908. The van der Waals surface area contributed by atoms with E-state index in [0.29, 0.717) is 27.1 Å². The normalized spacial score (nSPS) is 10.3. The second-order valence-corrected chi connectivity index (χ2v) is 5.34. The summed E-state index contributed by atoms with van der Waals surface area (Å²) in [7, 11) is 0. The third-order valence-electron chi connectivity index (χ3n) is 2.87. The molecule has 2 rings (SSSR count). The molecule has 0 unspecified atom stereocenters. The predicted octanol–water partition coefficient (Wildman–Crippen LogP) is 4.81. The summed E-state index contributed by atoms with van der Waals surface area (Å²) < 4.78 is 5.61. The van der Waals surface area contributed by atoms with E-state index in [1.807, 2.05) is 0 Å². The van der Waals surface area contributed by atoms with Crippen molar-refractivity contribution in [1.29, 1.82) is 0 Å². The summed E-state index contributed by atoms with van der Waals surface area (Å²) in [6.07, 6.45) is 1.42. The van der Waals surface area contributed by atoms with Gasteiger partial charge < -0.3 is 4.42 Å². The first-order chi connectivity index (χ1) is 9.88. The predicted molar refractivity (Wildman–Crippen MR) is 83.5 cm³/mol. The number of halogens is 2. The van der Waals surface area contributed by atoms with Crippen molar-refractivity contribution >= 4 is 40.8 Å². The highest BCUT2D eigenvalue weighted by Crippen LogP contribution is 2.32. The number of allylic oxidation sites excluding steroid dienone is 1. The molecular formula is C16H12Cl2O3. The molecule has 0 saturated heterocycles. The van der Waals surface area contributed by atoms with Crippen LogP contribution in [0.3, 0.4) is 0 Å². The van der Waals surface area contributed by atoms with Gasteiger partial charge in [0.25, 0.3) is 0 Å². The van der Waals surface area contributed by atoms with Crippen LogP contribution in [-0.4, -0.2) is 11.6 Å². The maximum Gasteiger partial charge on any atom is 0.163 e. The number of carbonyl (C=O) groups excluding carboxylic acids is 2. The van der Waals surface area contributed by atoms with Crippen LogP contribution in [-0.2, 0) is 9.59 Å². The van der Waals surface area contributed by atoms with Crippen LogP contribution in [0.4, 0.5) is 0 Å². The molecule has 0 aliphatic carbocycles. The van der Waals surface area contributed by atoms with Crippen molar-refractivity contribution in [3.63, 3.8) is 0 Å². The van der Waals surface area contributed by atoms with E-state index in [1.165, 1.54) is 19.9 Å². The Hall–Kier alpha value is -1.84. The van der Waals surface area contributed by atoms with E-state index >= 15 is 0 Å². The zero-order valence-corrected chi connectivity index (χ0v) is 13.0. The van der Waals surface area contributed by atoms with Gasteiger partial charge in [-0.05, 0) is 50.3 Å². The third-order valence-corrected chi connectivity index (χ3v) is 3.43. The van der Waals surface area contributed by atoms with Crippen LogP contribution in [0.2, 0.25) is 10.0 Å². The van der Waals surface area contributed by atoms with E-state index in [2.05, 4.69) is 0 Å². The average Bonchev–Trinajstić information content (AvgIpc) is 2.86. The van der Waals surface area contributed by atoms with E-state index in [0.717, 1.165) is 0 Å². The minimum Gasteiger partial charge on any atom is -0.457 e. The van der Waals surface area contributed by atoms with E-state index in [9.17, 15) is 9.59 Å². The van der Waals surface area contributed by atoms with Gasteiger partial charge in [-0.15, -0.1) is 0 Å². The SMILES string of the molecule is CC(=O)C(=Cc1ccc(-c2cc(Cl)ccc2Cl)o1)C(C)=O. The molecule has 0 spiro atoms. The minimum atomic E-state index is -0.304. The maximum absolute atomic E-state index is 11.4. The lowest BCUT2D eigenvalue weighted by Gasteiger charge is -2.01. The third kappa shape index (κ3) is 3.63. The van der Waals surface area contributed by atoms with Crippen molar-refractivity contribution in [1.82, 2.24) is 0 Å². The Kier molecular flexibility index (Phi) is 4.66. The quantitative estimate of drug-likeness (QED) is 0.461. The summed E-state index contributed by atoms with van der Waals surface area (Å²) in [6.45, 7) is 2.68. The average molecular weight is 323 g/mol. The van der Waals surface area contributed by atoms with Crippen molar-refractivity contribution < 1.29 is 14.0 Å². The molecule has 21 heavy (non-hydrogen) atoms. The first-order valence-electron chi connectivity index (χ1n) is 6.17. The lowest BCUT2D eigenvalue weighted by atomic mass is 10.1. The fourth-order valence-electron chi connectivity index (χ4n) is 1.85. The van der Waals surface area contributed by atoms with Gasteiger partial charge >= 0.3 is 0 Å². The molecule has 0 aliphatic heterocycles. The van der Waals surface area contributed by atoms with Gasteiger partial charge in [-0.1, -0.05) is 23.2 Å². The molecule has 5 heteroatoms. The topological polar surface area (TPSA) is 47.3 Å². The molecule has 0 atom stereocenters. The standard InChI is InChI=1S/C16H12Cl2O3/c1-9(19)13(10(2)20)8-12-4-6-16(21-12)14-7-11(17)3-5-15(14)18/h3-8H,1-2H3. The molecular weight excluding hydrogens is 311 g/mol. The van der Waals surface area contributed by atoms with Crippen molar-refractivity contribution in [2.45, 2.75) is 13.8 Å². The molecule has 1 aromatic carbocycles. The lowest BCUT2D eigenvalue weighted by molar-refractivity contribution is -0.119. The Labute approximate surface area is 132 Å². The highest BCUT2D eigenvalue weighted by molar-refractivity contribution is 6.35. The van der Waals surface area contributed by atoms with Crippen molar-refractivity contribution in [3.05, 3.63) is 51.7 Å². The maximum atomic E-state index is 11.4. The highest BCUT2D eigenvalue weighted by atomic mass is 35.5. The molecule has 0 N–H and O–H groups in total. The van der Waals surface area contributed by atoms with E-state index in [1.54, 1.807) is 30.3 Å². The first kappa shape index (κ1) is 15.5. The molecule has 0 radical (unpaired) electrons. The van der Waals surface area contributed by atoms with Crippen molar-refractivity contribution in [2.24, 2.45) is 0 Å². The van der Waals surface area contributed by atoms with Gasteiger partial charge in [-0.2, -0.15) is 0 Å². The molecule has 3 nitrogen and oxygen atoms in total. The molecule has 0 aliphatic rings. The van der Waals surface area contributed by atoms with Crippen LogP contribution in [0.5, 0.6) is 0 Å². The summed E-state index contributed by atoms with van der Waals surface area (Å²) in [6, 6.07) is 8.42. The summed E-state index contributed by atoms with van der Waals surface area (Å²) in [4.78, 5) is 22.8. The molecule has 0 bridgehead atoms. The first-order valence-corrected chi connectivity index (χ1v) is 6.93. The summed E-state index contributed by atoms with van der Waals surface area (Å²) in [5, 5.41) is 1.04. The number of carbonyl (C=O) groups is 2.